The average molecular weight is 319 g/mol. The highest BCUT2D eigenvalue weighted by atomic mass is 16.5. The van der Waals surface area contributed by atoms with Crippen LogP contribution in [-0.2, 0) is 6.42 Å². The minimum atomic E-state index is -0.0187. The van der Waals surface area contributed by atoms with Gasteiger partial charge in [-0.1, -0.05) is 12.1 Å². The van der Waals surface area contributed by atoms with Gasteiger partial charge in [-0.15, -0.1) is 0 Å². The Morgan fingerprint density at radius 1 is 1.17 bits per heavy atom. The van der Waals surface area contributed by atoms with Gasteiger partial charge in [0.25, 0.3) is 0 Å². The second kappa shape index (κ2) is 5.42. The highest BCUT2D eigenvalue weighted by Gasteiger charge is 2.52. The fraction of sp³-hybridized carbons (Fsp3) is 0.400. The molecular formula is C20H21N3O. The first-order valence-electron chi connectivity index (χ1n) is 8.80. The molecule has 0 unspecified atom stereocenters. The van der Waals surface area contributed by atoms with Crippen molar-refractivity contribution in [2.24, 2.45) is 5.92 Å². The number of hydrogen-bond donors (Lipinski definition) is 0. The lowest BCUT2D eigenvalue weighted by molar-refractivity contribution is -0.0814. The molecule has 0 aromatic carbocycles. The highest BCUT2D eigenvalue weighted by molar-refractivity contribution is 5.68. The first-order chi connectivity index (χ1) is 11.8. The summed E-state index contributed by atoms with van der Waals surface area (Å²) in [4.78, 5) is 11.5. The van der Waals surface area contributed by atoms with E-state index in [1.807, 2.05) is 36.7 Å². The second-order valence-corrected chi connectivity index (χ2v) is 7.21. The molecule has 2 bridgehead atoms. The van der Waals surface area contributed by atoms with E-state index < -0.39 is 0 Å². The van der Waals surface area contributed by atoms with Gasteiger partial charge in [0, 0.05) is 36.8 Å². The van der Waals surface area contributed by atoms with Gasteiger partial charge in [0.15, 0.2) is 0 Å². The Morgan fingerprint density at radius 3 is 2.83 bits per heavy atom. The third-order valence-electron chi connectivity index (χ3n) is 5.69. The van der Waals surface area contributed by atoms with E-state index in [2.05, 4.69) is 27.0 Å². The summed E-state index contributed by atoms with van der Waals surface area (Å²) in [7, 11) is 0. The Labute approximate surface area is 142 Å². The fourth-order valence-corrected chi connectivity index (χ4v) is 4.47. The largest absolute Gasteiger partial charge is 0.469 e. The van der Waals surface area contributed by atoms with Gasteiger partial charge in [-0.05, 0) is 55.8 Å². The molecule has 4 heteroatoms. The predicted molar refractivity (Wildman–Crippen MR) is 93.6 cm³/mol. The summed E-state index contributed by atoms with van der Waals surface area (Å²) >= 11 is 0. The third-order valence-corrected chi connectivity index (χ3v) is 5.69. The van der Waals surface area contributed by atoms with Gasteiger partial charge < -0.3 is 4.74 Å². The SMILES string of the molecule is C(=Cc1ccccn1)c1cnc2c(c1)C[C@@]1(CN3CCC1CC3)O2. The van der Waals surface area contributed by atoms with Crippen molar-refractivity contribution in [3.63, 3.8) is 0 Å². The van der Waals surface area contributed by atoms with Crippen molar-refractivity contribution in [1.29, 1.82) is 0 Å². The lowest BCUT2D eigenvalue weighted by Gasteiger charge is -2.50. The Bertz CT molecular complexity index is 781. The zero-order chi connectivity index (χ0) is 16.0. The number of ether oxygens (including phenoxy) is 1. The van der Waals surface area contributed by atoms with Crippen molar-refractivity contribution in [2.45, 2.75) is 24.9 Å². The second-order valence-electron chi connectivity index (χ2n) is 7.21. The van der Waals surface area contributed by atoms with Crippen molar-refractivity contribution in [3.05, 3.63) is 53.5 Å². The van der Waals surface area contributed by atoms with Gasteiger partial charge >= 0.3 is 0 Å². The number of piperidine rings is 3. The van der Waals surface area contributed by atoms with Crippen molar-refractivity contribution in [3.8, 4) is 5.88 Å². The topological polar surface area (TPSA) is 38.2 Å². The zero-order valence-corrected chi connectivity index (χ0v) is 13.7. The maximum absolute atomic E-state index is 6.40. The van der Waals surface area contributed by atoms with Crippen LogP contribution in [0.5, 0.6) is 5.88 Å². The first-order valence-corrected chi connectivity index (χ1v) is 8.80. The summed E-state index contributed by atoms with van der Waals surface area (Å²) in [5.74, 6) is 1.53. The minimum absolute atomic E-state index is 0.0187. The van der Waals surface area contributed by atoms with E-state index in [1.165, 1.54) is 31.5 Å². The normalized spacial score (nSPS) is 30.7. The smallest absolute Gasteiger partial charge is 0.217 e. The molecule has 6 rings (SSSR count). The molecule has 4 aliphatic heterocycles. The van der Waals surface area contributed by atoms with Gasteiger partial charge in [-0.25, -0.2) is 4.98 Å². The van der Waals surface area contributed by atoms with Crippen LogP contribution < -0.4 is 4.74 Å². The molecule has 6 heterocycles. The molecule has 1 atom stereocenters. The van der Waals surface area contributed by atoms with E-state index >= 15 is 0 Å². The molecular weight excluding hydrogens is 298 g/mol. The summed E-state index contributed by atoms with van der Waals surface area (Å²) in [6, 6.07) is 8.16. The molecule has 24 heavy (non-hydrogen) atoms. The number of pyridine rings is 2. The molecule has 0 saturated carbocycles. The van der Waals surface area contributed by atoms with Crippen LogP contribution in [0.3, 0.4) is 0 Å². The quantitative estimate of drug-likeness (QED) is 0.853. The molecule has 2 aromatic heterocycles. The Hall–Kier alpha value is -2.20. The number of fused-ring (bicyclic) bond motifs is 3. The standard InChI is InChI=1S/C20H21N3O/c1-2-8-21-18(3-1)5-4-15-11-16-12-20(24-19(16)22-13-15)14-23-9-6-17(20)7-10-23/h1-5,8,11,13,17H,6-7,9-10,12,14H2/t20-/m0/s1. The molecule has 0 radical (unpaired) electrons. The molecule has 122 valence electrons. The molecule has 1 spiro atoms. The first kappa shape index (κ1) is 14.2. The molecule has 4 nitrogen and oxygen atoms in total. The summed E-state index contributed by atoms with van der Waals surface area (Å²) in [6.45, 7) is 3.53. The Morgan fingerprint density at radius 2 is 2.08 bits per heavy atom. The summed E-state index contributed by atoms with van der Waals surface area (Å²) in [5.41, 5.74) is 3.31. The third kappa shape index (κ3) is 2.33. The molecule has 0 amide bonds. The molecule has 0 aliphatic carbocycles. The van der Waals surface area contributed by atoms with Crippen molar-refractivity contribution in [1.82, 2.24) is 14.9 Å². The van der Waals surface area contributed by atoms with Crippen LogP contribution in [0.2, 0.25) is 0 Å². The lowest BCUT2D eigenvalue weighted by Crippen LogP contribution is -2.61. The minimum Gasteiger partial charge on any atom is -0.469 e. The lowest BCUT2D eigenvalue weighted by atomic mass is 9.73. The van der Waals surface area contributed by atoms with Crippen LogP contribution in [0, 0.1) is 5.92 Å². The van der Waals surface area contributed by atoms with Gasteiger partial charge in [0.05, 0.1) is 5.69 Å². The number of rotatable bonds is 2. The van der Waals surface area contributed by atoms with E-state index in [1.54, 1.807) is 0 Å². The van der Waals surface area contributed by atoms with E-state index in [0.29, 0.717) is 5.92 Å². The summed E-state index contributed by atoms with van der Waals surface area (Å²) < 4.78 is 6.40. The fourth-order valence-electron chi connectivity index (χ4n) is 4.47. The van der Waals surface area contributed by atoms with Gasteiger partial charge in [0.1, 0.15) is 5.60 Å². The van der Waals surface area contributed by atoms with Crippen molar-refractivity contribution in [2.75, 3.05) is 19.6 Å². The zero-order valence-electron chi connectivity index (χ0n) is 13.7. The maximum atomic E-state index is 6.40. The van der Waals surface area contributed by atoms with Crippen LogP contribution in [-0.4, -0.2) is 40.1 Å². The molecule has 0 N–H and O–H groups in total. The van der Waals surface area contributed by atoms with E-state index in [-0.39, 0.29) is 5.60 Å². The monoisotopic (exact) mass is 319 g/mol. The van der Waals surface area contributed by atoms with Gasteiger partial charge in [0.2, 0.25) is 5.88 Å². The average Bonchev–Trinajstić information content (AvgIpc) is 2.98. The number of aromatic nitrogens is 2. The number of nitrogens with zero attached hydrogens (tertiary/aromatic N) is 3. The van der Waals surface area contributed by atoms with Crippen LogP contribution in [0.4, 0.5) is 0 Å². The maximum Gasteiger partial charge on any atom is 0.217 e. The molecule has 3 saturated heterocycles. The Balaban J connectivity index is 1.39. The van der Waals surface area contributed by atoms with Crippen LogP contribution in [0.1, 0.15) is 29.7 Å². The van der Waals surface area contributed by atoms with Gasteiger partial charge in [-0.2, -0.15) is 0 Å². The summed E-state index contributed by atoms with van der Waals surface area (Å²) in [6.07, 6.45) is 11.4. The van der Waals surface area contributed by atoms with Crippen molar-refractivity contribution >= 4 is 12.2 Å². The van der Waals surface area contributed by atoms with Crippen molar-refractivity contribution < 1.29 is 4.74 Å². The van der Waals surface area contributed by atoms with E-state index in [9.17, 15) is 0 Å². The highest BCUT2D eigenvalue weighted by Crippen LogP contribution is 2.46. The predicted octanol–water partition coefficient (Wildman–Crippen LogP) is 3.05. The molecule has 4 aliphatic rings. The Kier molecular flexibility index (Phi) is 3.20. The van der Waals surface area contributed by atoms with Crippen LogP contribution >= 0.6 is 0 Å². The number of hydrogen-bond acceptors (Lipinski definition) is 4. The molecule has 3 fully saturated rings. The van der Waals surface area contributed by atoms with Gasteiger partial charge in [-0.3, -0.25) is 9.88 Å². The van der Waals surface area contributed by atoms with E-state index in [4.69, 9.17) is 4.74 Å². The summed E-state index contributed by atoms with van der Waals surface area (Å²) in [5, 5.41) is 0. The van der Waals surface area contributed by atoms with Crippen LogP contribution in [0.15, 0.2) is 36.7 Å². The molecule has 2 aromatic rings. The van der Waals surface area contributed by atoms with Crippen LogP contribution in [0.25, 0.3) is 12.2 Å². The van der Waals surface area contributed by atoms with E-state index in [0.717, 1.165) is 30.1 Å².